The van der Waals surface area contributed by atoms with Crippen LogP contribution in [0, 0.1) is 0 Å². The Hall–Kier alpha value is -1.60. The van der Waals surface area contributed by atoms with Crippen molar-refractivity contribution in [2.75, 3.05) is 20.6 Å². The minimum absolute atomic E-state index is 0.182. The molecule has 1 nitrogen and oxygen atoms in total. The molecule has 3 rings (SSSR count). The molecule has 21 heavy (non-hydrogen) atoms. The first kappa shape index (κ1) is 14.3. The SMILES string of the molecule is CC1CC(CCN(C)C)(c2ccccc2)c2ccccc21. The molecule has 110 valence electrons. The van der Waals surface area contributed by atoms with Crippen LogP contribution >= 0.6 is 0 Å². The first-order valence-electron chi connectivity index (χ1n) is 7.93. The van der Waals surface area contributed by atoms with Crippen LogP contribution in [0.1, 0.15) is 42.4 Å². The van der Waals surface area contributed by atoms with Gasteiger partial charge < -0.3 is 4.90 Å². The Balaban J connectivity index is 2.11. The van der Waals surface area contributed by atoms with Crippen LogP contribution in [0.5, 0.6) is 0 Å². The van der Waals surface area contributed by atoms with E-state index in [9.17, 15) is 0 Å². The summed E-state index contributed by atoms with van der Waals surface area (Å²) in [6, 6.07) is 20.1. The molecule has 1 aliphatic carbocycles. The summed E-state index contributed by atoms with van der Waals surface area (Å²) < 4.78 is 0. The molecule has 0 saturated heterocycles. The third-order valence-electron chi connectivity index (χ3n) is 4.97. The van der Waals surface area contributed by atoms with E-state index in [2.05, 4.69) is 80.5 Å². The Bertz CT molecular complexity index is 602. The van der Waals surface area contributed by atoms with Crippen molar-refractivity contribution >= 4 is 0 Å². The smallest absolute Gasteiger partial charge is 0.0223 e. The van der Waals surface area contributed by atoms with Gasteiger partial charge in [-0.1, -0.05) is 61.5 Å². The lowest BCUT2D eigenvalue weighted by Crippen LogP contribution is -2.30. The molecule has 0 radical (unpaired) electrons. The zero-order chi connectivity index (χ0) is 14.9. The van der Waals surface area contributed by atoms with Gasteiger partial charge in [-0.15, -0.1) is 0 Å². The number of rotatable bonds is 4. The summed E-state index contributed by atoms with van der Waals surface area (Å²) in [5.41, 5.74) is 4.75. The second-order valence-electron chi connectivity index (χ2n) is 6.69. The van der Waals surface area contributed by atoms with Crippen LogP contribution in [-0.4, -0.2) is 25.5 Å². The summed E-state index contributed by atoms with van der Waals surface area (Å²) >= 11 is 0. The lowest BCUT2D eigenvalue weighted by atomic mass is 9.72. The first-order valence-corrected chi connectivity index (χ1v) is 7.93. The molecule has 0 bridgehead atoms. The quantitative estimate of drug-likeness (QED) is 0.800. The molecule has 0 saturated carbocycles. The van der Waals surface area contributed by atoms with Gasteiger partial charge in [0.25, 0.3) is 0 Å². The van der Waals surface area contributed by atoms with Gasteiger partial charge in [0.1, 0.15) is 0 Å². The molecule has 2 aromatic carbocycles. The highest BCUT2D eigenvalue weighted by atomic mass is 15.0. The predicted molar refractivity (Wildman–Crippen MR) is 89.9 cm³/mol. The summed E-state index contributed by atoms with van der Waals surface area (Å²) in [5, 5.41) is 0. The molecule has 1 aliphatic rings. The van der Waals surface area contributed by atoms with Crippen LogP contribution in [0.25, 0.3) is 0 Å². The number of fused-ring (bicyclic) bond motifs is 1. The number of benzene rings is 2. The van der Waals surface area contributed by atoms with Crippen LogP contribution < -0.4 is 0 Å². The monoisotopic (exact) mass is 279 g/mol. The van der Waals surface area contributed by atoms with E-state index in [1.54, 1.807) is 11.1 Å². The normalized spacial score (nSPS) is 24.3. The first-order chi connectivity index (χ1) is 10.1. The number of hydrogen-bond donors (Lipinski definition) is 0. The van der Waals surface area contributed by atoms with Crippen molar-refractivity contribution in [3.05, 3.63) is 71.3 Å². The molecule has 2 unspecified atom stereocenters. The van der Waals surface area contributed by atoms with Gasteiger partial charge in [-0.2, -0.15) is 0 Å². The van der Waals surface area contributed by atoms with Crippen molar-refractivity contribution < 1.29 is 0 Å². The second kappa shape index (κ2) is 5.65. The van der Waals surface area contributed by atoms with Gasteiger partial charge >= 0.3 is 0 Å². The molecule has 0 N–H and O–H groups in total. The molecule has 0 fully saturated rings. The Kier molecular flexibility index (Phi) is 3.86. The molecule has 2 aromatic rings. The van der Waals surface area contributed by atoms with Gasteiger partial charge in [-0.3, -0.25) is 0 Å². The van der Waals surface area contributed by atoms with E-state index in [0.717, 1.165) is 6.54 Å². The minimum Gasteiger partial charge on any atom is -0.309 e. The molecule has 2 atom stereocenters. The van der Waals surface area contributed by atoms with Crippen molar-refractivity contribution in [3.8, 4) is 0 Å². The summed E-state index contributed by atoms with van der Waals surface area (Å²) in [6.45, 7) is 3.50. The van der Waals surface area contributed by atoms with Gasteiger partial charge in [-0.25, -0.2) is 0 Å². The van der Waals surface area contributed by atoms with Crippen LogP contribution in [0.3, 0.4) is 0 Å². The van der Waals surface area contributed by atoms with Gasteiger partial charge in [-0.05, 0) is 56.1 Å². The summed E-state index contributed by atoms with van der Waals surface area (Å²) in [5.74, 6) is 0.642. The van der Waals surface area contributed by atoms with E-state index >= 15 is 0 Å². The summed E-state index contributed by atoms with van der Waals surface area (Å²) in [6.07, 6.45) is 2.41. The standard InChI is InChI=1S/C20H25N/c1-16-15-20(13-14-21(2)3,17-9-5-4-6-10-17)19-12-8-7-11-18(16)19/h4-12,16H,13-15H2,1-3H3. The van der Waals surface area contributed by atoms with Gasteiger partial charge in [0.15, 0.2) is 0 Å². The van der Waals surface area contributed by atoms with Gasteiger partial charge in [0.05, 0.1) is 0 Å². The van der Waals surface area contributed by atoms with Gasteiger partial charge in [0, 0.05) is 5.41 Å². The number of nitrogens with zero attached hydrogens (tertiary/aromatic N) is 1. The van der Waals surface area contributed by atoms with E-state index in [4.69, 9.17) is 0 Å². The predicted octanol–water partition coefficient (Wildman–Crippen LogP) is 4.43. The number of hydrogen-bond acceptors (Lipinski definition) is 1. The van der Waals surface area contributed by atoms with E-state index < -0.39 is 0 Å². The highest BCUT2D eigenvalue weighted by molar-refractivity contribution is 5.49. The summed E-state index contributed by atoms with van der Waals surface area (Å²) in [4.78, 5) is 2.30. The molecular weight excluding hydrogens is 254 g/mol. The van der Waals surface area contributed by atoms with E-state index in [0.29, 0.717) is 5.92 Å². The maximum Gasteiger partial charge on any atom is 0.0223 e. The van der Waals surface area contributed by atoms with Crippen molar-refractivity contribution in [1.29, 1.82) is 0 Å². The van der Waals surface area contributed by atoms with Crippen LogP contribution in [0.4, 0.5) is 0 Å². The largest absolute Gasteiger partial charge is 0.309 e. The third-order valence-corrected chi connectivity index (χ3v) is 4.97. The Morgan fingerprint density at radius 2 is 1.67 bits per heavy atom. The second-order valence-corrected chi connectivity index (χ2v) is 6.69. The highest BCUT2D eigenvalue weighted by Crippen LogP contribution is 2.51. The van der Waals surface area contributed by atoms with E-state index in [-0.39, 0.29) is 5.41 Å². The lowest BCUT2D eigenvalue weighted by molar-refractivity contribution is 0.336. The topological polar surface area (TPSA) is 3.24 Å². The van der Waals surface area contributed by atoms with Crippen molar-refractivity contribution in [1.82, 2.24) is 4.90 Å². The minimum atomic E-state index is 0.182. The fraction of sp³-hybridized carbons (Fsp3) is 0.400. The average molecular weight is 279 g/mol. The maximum absolute atomic E-state index is 2.37. The van der Waals surface area contributed by atoms with Crippen molar-refractivity contribution in [2.45, 2.75) is 31.1 Å². The molecule has 0 spiro atoms. The fourth-order valence-corrected chi connectivity index (χ4v) is 3.93. The highest BCUT2D eigenvalue weighted by Gasteiger charge is 2.42. The Labute approximate surface area is 128 Å². The summed E-state index contributed by atoms with van der Waals surface area (Å²) in [7, 11) is 4.34. The molecular formula is C20H25N. The van der Waals surface area contributed by atoms with E-state index in [1.165, 1.54) is 18.4 Å². The van der Waals surface area contributed by atoms with Crippen LogP contribution in [0.2, 0.25) is 0 Å². The Morgan fingerprint density at radius 3 is 2.38 bits per heavy atom. The molecule has 0 aliphatic heterocycles. The zero-order valence-corrected chi connectivity index (χ0v) is 13.3. The molecule has 1 heteroatoms. The van der Waals surface area contributed by atoms with Crippen molar-refractivity contribution in [2.24, 2.45) is 0 Å². The zero-order valence-electron chi connectivity index (χ0n) is 13.3. The lowest BCUT2D eigenvalue weighted by Gasteiger charge is -2.33. The van der Waals surface area contributed by atoms with Crippen LogP contribution in [-0.2, 0) is 5.41 Å². The third kappa shape index (κ3) is 2.51. The molecule has 0 aromatic heterocycles. The molecule has 0 heterocycles. The Morgan fingerprint density at radius 1 is 1.00 bits per heavy atom. The van der Waals surface area contributed by atoms with Crippen LogP contribution in [0.15, 0.2) is 54.6 Å². The fourth-order valence-electron chi connectivity index (χ4n) is 3.93. The maximum atomic E-state index is 2.37. The average Bonchev–Trinajstić information content (AvgIpc) is 2.80. The van der Waals surface area contributed by atoms with E-state index in [1.807, 2.05) is 0 Å². The van der Waals surface area contributed by atoms with Crippen molar-refractivity contribution in [3.63, 3.8) is 0 Å². The van der Waals surface area contributed by atoms with Gasteiger partial charge in [0.2, 0.25) is 0 Å². The molecule has 0 amide bonds.